The molecule has 12 heavy (non-hydrogen) atoms. The first-order valence-electron chi connectivity index (χ1n) is 5.16. The molecule has 70 valence electrons. The lowest BCUT2D eigenvalue weighted by atomic mass is 9.99. The fourth-order valence-corrected chi connectivity index (χ4v) is 1.56. The largest absolute Gasteiger partial charge is 0.498 e. The van der Waals surface area contributed by atoms with Crippen molar-refractivity contribution < 1.29 is 4.74 Å². The Balaban J connectivity index is 2.28. The van der Waals surface area contributed by atoms with Crippen LogP contribution < -0.4 is 0 Å². The van der Waals surface area contributed by atoms with Crippen LogP contribution in [0, 0.1) is 0 Å². The lowest BCUT2D eigenvalue weighted by Crippen LogP contribution is -2.02. The molecule has 0 aromatic rings. The van der Waals surface area contributed by atoms with Gasteiger partial charge in [-0.1, -0.05) is 13.3 Å². The number of hydrogen-bond acceptors (Lipinski definition) is 1. The maximum atomic E-state index is 5.72. The van der Waals surface area contributed by atoms with Crippen LogP contribution >= 0.6 is 0 Å². The van der Waals surface area contributed by atoms with Gasteiger partial charge in [-0.2, -0.15) is 0 Å². The van der Waals surface area contributed by atoms with E-state index in [1.807, 2.05) is 0 Å². The molecule has 1 aliphatic carbocycles. The molecule has 0 aromatic heterocycles. The Morgan fingerprint density at radius 1 is 1.25 bits per heavy atom. The minimum Gasteiger partial charge on any atom is -0.498 e. The molecule has 0 saturated heterocycles. The van der Waals surface area contributed by atoms with Crippen LogP contribution in [0.5, 0.6) is 0 Å². The highest BCUT2D eigenvalue weighted by atomic mass is 16.5. The van der Waals surface area contributed by atoms with E-state index >= 15 is 0 Å². The van der Waals surface area contributed by atoms with Gasteiger partial charge in [0.05, 0.1) is 12.4 Å². The Hall–Kier alpha value is -0.460. The Morgan fingerprint density at radius 3 is 2.67 bits per heavy atom. The molecule has 0 bridgehead atoms. The van der Waals surface area contributed by atoms with E-state index in [1.165, 1.54) is 49.9 Å². The van der Waals surface area contributed by atoms with Crippen molar-refractivity contribution >= 4 is 0 Å². The Labute approximate surface area is 75.8 Å². The molecule has 0 N–H and O–H groups in total. The zero-order chi connectivity index (χ0) is 8.81. The van der Waals surface area contributed by atoms with E-state index in [0.717, 1.165) is 6.61 Å². The fourth-order valence-electron chi connectivity index (χ4n) is 1.56. The van der Waals surface area contributed by atoms with Gasteiger partial charge in [-0.05, 0) is 38.2 Å². The average Bonchev–Trinajstić information content (AvgIpc) is 2.09. The van der Waals surface area contributed by atoms with Gasteiger partial charge < -0.3 is 4.74 Å². The molecule has 0 radical (unpaired) electrons. The fraction of sp³-hybridized carbons (Fsp3) is 0.818. The second-order valence-corrected chi connectivity index (χ2v) is 3.61. The molecule has 0 saturated carbocycles. The highest BCUT2D eigenvalue weighted by Crippen LogP contribution is 2.24. The van der Waals surface area contributed by atoms with Crippen molar-refractivity contribution in [2.45, 2.75) is 52.4 Å². The number of unbranched alkanes of at least 4 members (excludes halogenated alkanes) is 1. The molecule has 0 aliphatic heterocycles. The van der Waals surface area contributed by atoms with Crippen molar-refractivity contribution in [3.8, 4) is 0 Å². The van der Waals surface area contributed by atoms with E-state index in [-0.39, 0.29) is 0 Å². The van der Waals surface area contributed by atoms with E-state index in [9.17, 15) is 0 Å². The van der Waals surface area contributed by atoms with Crippen LogP contribution in [-0.2, 0) is 4.74 Å². The second-order valence-electron chi connectivity index (χ2n) is 3.61. The lowest BCUT2D eigenvalue weighted by Gasteiger charge is -2.18. The summed E-state index contributed by atoms with van der Waals surface area (Å²) < 4.78 is 5.72. The lowest BCUT2D eigenvalue weighted by molar-refractivity contribution is 0.187. The van der Waals surface area contributed by atoms with E-state index in [1.54, 1.807) is 0 Å². The van der Waals surface area contributed by atoms with Crippen LogP contribution in [0.2, 0.25) is 0 Å². The molecule has 0 fully saturated rings. The number of hydrogen-bond donors (Lipinski definition) is 0. The number of rotatable bonds is 4. The zero-order valence-corrected chi connectivity index (χ0v) is 8.36. The smallest absolute Gasteiger partial charge is 0.0948 e. The first-order chi connectivity index (χ1) is 5.84. The quantitative estimate of drug-likeness (QED) is 0.582. The maximum Gasteiger partial charge on any atom is 0.0948 e. The van der Waals surface area contributed by atoms with Crippen molar-refractivity contribution in [1.82, 2.24) is 0 Å². The first kappa shape index (κ1) is 9.63. The minimum absolute atomic E-state index is 0.920. The van der Waals surface area contributed by atoms with Gasteiger partial charge in [0.1, 0.15) is 0 Å². The molecule has 1 heteroatoms. The summed E-state index contributed by atoms with van der Waals surface area (Å²) in [7, 11) is 0. The van der Waals surface area contributed by atoms with Crippen molar-refractivity contribution in [2.75, 3.05) is 6.61 Å². The Kier molecular flexibility index (Phi) is 4.20. The van der Waals surface area contributed by atoms with Gasteiger partial charge in [0.25, 0.3) is 0 Å². The van der Waals surface area contributed by atoms with Crippen LogP contribution in [0.25, 0.3) is 0 Å². The summed E-state index contributed by atoms with van der Waals surface area (Å²) in [5.41, 5.74) is 1.48. The van der Waals surface area contributed by atoms with Crippen LogP contribution in [0.1, 0.15) is 52.4 Å². The van der Waals surface area contributed by atoms with Crippen molar-refractivity contribution in [3.05, 3.63) is 11.3 Å². The predicted octanol–water partition coefficient (Wildman–Crippen LogP) is 3.65. The van der Waals surface area contributed by atoms with Gasteiger partial charge in [-0.3, -0.25) is 0 Å². The number of ether oxygens (including phenoxy) is 1. The van der Waals surface area contributed by atoms with E-state index < -0.39 is 0 Å². The molecular formula is C11H20O. The monoisotopic (exact) mass is 168 g/mol. The summed E-state index contributed by atoms with van der Waals surface area (Å²) in [6.07, 6.45) is 7.52. The highest BCUT2D eigenvalue weighted by molar-refractivity contribution is 5.08. The normalized spacial score (nSPS) is 18.2. The summed E-state index contributed by atoms with van der Waals surface area (Å²) in [5.74, 6) is 1.29. The van der Waals surface area contributed by atoms with Crippen LogP contribution in [0.4, 0.5) is 0 Å². The van der Waals surface area contributed by atoms with Gasteiger partial charge in [0.2, 0.25) is 0 Å². The third-order valence-corrected chi connectivity index (χ3v) is 2.46. The molecule has 1 rings (SSSR count). The topological polar surface area (TPSA) is 9.23 Å². The van der Waals surface area contributed by atoms with Gasteiger partial charge in [0, 0.05) is 6.42 Å². The molecule has 1 nitrogen and oxygen atoms in total. The zero-order valence-electron chi connectivity index (χ0n) is 8.36. The van der Waals surface area contributed by atoms with Crippen molar-refractivity contribution in [2.24, 2.45) is 0 Å². The predicted molar refractivity (Wildman–Crippen MR) is 52.0 cm³/mol. The highest BCUT2D eigenvalue weighted by Gasteiger charge is 2.09. The Bertz CT molecular complexity index is 158. The van der Waals surface area contributed by atoms with E-state index in [2.05, 4.69) is 13.8 Å². The van der Waals surface area contributed by atoms with Gasteiger partial charge >= 0.3 is 0 Å². The van der Waals surface area contributed by atoms with E-state index in [0.29, 0.717) is 0 Å². The molecular weight excluding hydrogens is 148 g/mol. The van der Waals surface area contributed by atoms with Crippen molar-refractivity contribution in [3.63, 3.8) is 0 Å². The molecule has 0 heterocycles. The van der Waals surface area contributed by atoms with E-state index in [4.69, 9.17) is 4.74 Å². The molecule has 0 atom stereocenters. The third-order valence-electron chi connectivity index (χ3n) is 2.46. The summed E-state index contributed by atoms with van der Waals surface area (Å²) in [6.45, 7) is 5.33. The molecule has 1 aliphatic rings. The summed E-state index contributed by atoms with van der Waals surface area (Å²) in [4.78, 5) is 0. The standard InChI is InChI=1S/C11H20O/c1-3-4-9-12-11-8-6-5-7-10(11)2/h3-9H2,1-2H3. The number of allylic oxidation sites excluding steroid dienone is 2. The third kappa shape index (κ3) is 2.88. The molecule has 0 spiro atoms. The van der Waals surface area contributed by atoms with Crippen molar-refractivity contribution in [1.29, 1.82) is 0 Å². The Morgan fingerprint density at radius 2 is 2.00 bits per heavy atom. The first-order valence-corrected chi connectivity index (χ1v) is 5.16. The second kappa shape index (κ2) is 5.23. The van der Waals surface area contributed by atoms with Crippen LogP contribution in [-0.4, -0.2) is 6.61 Å². The van der Waals surface area contributed by atoms with Gasteiger partial charge in [-0.25, -0.2) is 0 Å². The minimum atomic E-state index is 0.920. The van der Waals surface area contributed by atoms with Crippen LogP contribution in [0.15, 0.2) is 11.3 Å². The molecule has 0 unspecified atom stereocenters. The van der Waals surface area contributed by atoms with Gasteiger partial charge in [-0.15, -0.1) is 0 Å². The maximum absolute atomic E-state index is 5.72. The SMILES string of the molecule is CCCCOC1=C(C)CCCC1. The average molecular weight is 168 g/mol. The summed E-state index contributed by atoms with van der Waals surface area (Å²) in [6, 6.07) is 0. The van der Waals surface area contributed by atoms with Crippen LogP contribution in [0.3, 0.4) is 0 Å². The summed E-state index contributed by atoms with van der Waals surface area (Å²) >= 11 is 0. The molecule has 0 amide bonds. The summed E-state index contributed by atoms with van der Waals surface area (Å²) in [5, 5.41) is 0. The van der Waals surface area contributed by atoms with Gasteiger partial charge in [0.15, 0.2) is 0 Å². The molecule has 0 aromatic carbocycles.